The summed E-state index contributed by atoms with van der Waals surface area (Å²) in [5.41, 5.74) is 0.389. The Hall–Kier alpha value is -1.27. The molecule has 0 aliphatic rings. The van der Waals surface area contributed by atoms with Gasteiger partial charge in [-0.05, 0) is 0 Å². The minimum absolute atomic E-state index is 0.0315. The molecule has 18 heavy (non-hydrogen) atoms. The van der Waals surface area contributed by atoms with E-state index in [0.29, 0.717) is 31.9 Å². The summed E-state index contributed by atoms with van der Waals surface area (Å²) in [7, 11) is 0. The van der Waals surface area contributed by atoms with Gasteiger partial charge < -0.3 is 9.84 Å². The van der Waals surface area contributed by atoms with Crippen LogP contribution in [0.4, 0.5) is 0 Å². The van der Waals surface area contributed by atoms with Crippen LogP contribution in [0.3, 0.4) is 0 Å². The molecule has 0 fully saturated rings. The molecule has 0 atom stereocenters. The normalized spacial score (nSPS) is 11.8. The zero-order valence-electron chi connectivity index (χ0n) is 11.2. The fraction of sp³-hybridized carbons (Fsp3) is 0.750. The van der Waals surface area contributed by atoms with Crippen LogP contribution in [0.2, 0.25) is 0 Å². The zero-order valence-corrected chi connectivity index (χ0v) is 11.2. The van der Waals surface area contributed by atoms with Crippen LogP contribution in [0.25, 0.3) is 0 Å². The number of rotatable bonds is 7. The van der Waals surface area contributed by atoms with Gasteiger partial charge in [0.05, 0.1) is 32.6 Å². The van der Waals surface area contributed by atoms with Crippen LogP contribution >= 0.6 is 0 Å². The van der Waals surface area contributed by atoms with Crippen LogP contribution in [0.1, 0.15) is 32.9 Å². The topological polar surface area (TPSA) is 77.2 Å². The number of ether oxygens (including phenoxy) is 1. The number of aliphatic hydroxyl groups excluding tert-OH is 1. The molecule has 0 aromatic carbocycles. The lowest BCUT2D eigenvalue weighted by atomic mass is 9.89. The van der Waals surface area contributed by atoms with Crippen molar-refractivity contribution in [3.05, 3.63) is 11.9 Å². The lowest BCUT2D eigenvalue weighted by Crippen LogP contribution is -2.21. The summed E-state index contributed by atoms with van der Waals surface area (Å²) in [6.45, 7) is 6.88. The molecule has 0 unspecified atom stereocenters. The molecule has 0 aliphatic heterocycles. The van der Waals surface area contributed by atoms with Crippen molar-refractivity contribution in [2.75, 3.05) is 13.2 Å². The maximum absolute atomic E-state index is 11.6. The molecule has 1 heterocycles. The minimum atomic E-state index is -0.312. The number of ketones is 1. The third-order valence-electron chi connectivity index (χ3n) is 2.48. The molecular weight excluding hydrogens is 234 g/mol. The number of aromatic nitrogens is 3. The first-order valence-electron chi connectivity index (χ1n) is 6.04. The van der Waals surface area contributed by atoms with Gasteiger partial charge in [0.1, 0.15) is 11.5 Å². The number of nitrogens with zero attached hydrogens (tertiary/aromatic N) is 3. The lowest BCUT2D eigenvalue weighted by Gasteiger charge is -2.15. The summed E-state index contributed by atoms with van der Waals surface area (Å²) in [4.78, 5) is 11.6. The fourth-order valence-corrected chi connectivity index (χ4v) is 1.33. The molecule has 102 valence electrons. The van der Waals surface area contributed by atoms with Crippen LogP contribution in [-0.4, -0.2) is 39.1 Å². The van der Waals surface area contributed by atoms with Gasteiger partial charge in [0, 0.05) is 11.8 Å². The van der Waals surface area contributed by atoms with Crippen LogP contribution < -0.4 is 0 Å². The van der Waals surface area contributed by atoms with Crippen molar-refractivity contribution in [1.82, 2.24) is 15.0 Å². The Morgan fingerprint density at radius 3 is 2.83 bits per heavy atom. The molecule has 0 saturated carbocycles. The van der Waals surface area contributed by atoms with E-state index in [1.165, 1.54) is 0 Å². The number of carbonyl (C=O) groups excluding carboxylic acids is 1. The van der Waals surface area contributed by atoms with Gasteiger partial charge in [-0.2, -0.15) is 0 Å². The predicted octanol–water partition coefficient (Wildman–Crippen LogP) is 0.792. The number of aliphatic hydroxyl groups is 1. The fourth-order valence-electron chi connectivity index (χ4n) is 1.33. The summed E-state index contributed by atoms with van der Waals surface area (Å²) in [5.74, 6) is 0.187. The average Bonchev–Trinajstić information content (AvgIpc) is 2.71. The molecule has 0 amide bonds. The second kappa shape index (κ2) is 6.61. The SMILES string of the molecule is CC(C)(C)C(=O)CCOCc1cn(CCO)nn1. The first-order chi connectivity index (χ1) is 8.43. The zero-order chi connectivity index (χ0) is 13.6. The highest BCUT2D eigenvalue weighted by Gasteiger charge is 2.20. The quantitative estimate of drug-likeness (QED) is 0.729. The Bertz CT molecular complexity index is 382. The van der Waals surface area contributed by atoms with Crippen LogP contribution in [0, 0.1) is 5.41 Å². The van der Waals surface area contributed by atoms with E-state index in [4.69, 9.17) is 9.84 Å². The molecule has 1 rings (SSSR count). The highest BCUT2D eigenvalue weighted by Crippen LogP contribution is 2.16. The molecule has 0 spiro atoms. The van der Waals surface area contributed by atoms with Crippen molar-refractivity contribution in [2.24, 2.45) is 5.41 Å². The van der Waals surface area contributed by atoms with E-state index in [0.717, 1.165) is 0 Å². The van der Waals surface area contributed by atoms with Crippen LogP contribution in [0.5, 0.6) is 0 Å². The maximum Gasteiger partial charge on any atom is 0.140 e. The van der Waals surface area contributed by atoms with Gasteiger partial charge >= 0.3 is 0 Å². The number of hydrogen-bond donors (Lipinski definition) is 1. The standard InChI is InChI=1S/C12H21N3O3/c1-12(2,3)11(17)4-7-18-9-10-8-15(5-6-16)14-13-10/h8,16H,4-7,9H2,1-3H3. The summed E-state index contributed by atoms with van der Waals surface area (Å²) < 4.78 is 6.93. The van der Waals surface area contributed by atoms with Crippen LogP contribution in [-0.2, 0) is 22.7 Å². The largest absolute Gasteiger partial charge is 0.394 e. The van der Waals surface area contributed by atoms with Crippen LogP contribution in [0.15, 0.2) is 6.20 Å². The van der Waals surface area contributed by atoms with Gasteiger partial charge in [0.2, 0.25) is 0 Å². The van der Waals surface area contributed by atoms with Crippen molar-refractivity contribution < 1.29 is 14.6 Å². The molecule has 1 aromatic heterocycles. The van der Waals surface area contributed by atoms with Gasteiger partial charge in [-0.15, -0.1) is 5.10 Å². The van der Waals surface area contributed by atoms with Gasteiger partial charge in [-0.3, -0.25) is 4.79 Å². The van der Waals surface area contributed by atoms with Gasteiger partial charge in [0.25, 0.3) is 0 Å². The van der Waals surface area contributed by atoms with E-state index in [2.05, 4.69) is 10.3 Å². The highest BCUT2D eigenvalue weighted by atomic mass is 16.5. The van der Waals surface area contributed by atoms with Crippen molar-refractivity contribution in [1.29, 1.82) is 0 Å². The molecule has 0 radical (unpaired) electrons. The molecule has 0 aliphatic carbocycles. The first kappa shape index (κ1) is 14.8. The molecule has 6 nitrogen and oxygen atoms in total. The Morgan fingerprint density at radius 2 is 2.22 bits per heavy atom. The number of carbonyl (C=O) groups is 1. The van der Waals surface area contributed by atoms with E-state index in [-0.39, 0.29) is 17.8 Å². The average molecular weight is 255 g/mol. The number of Topliss-reactive ketones (excluding diaryl/α,β-unsaturated/α-hetero) is 1. The molecule has 0 bridgehead atoms. The highest BCUT2D eigenvalue weighted by molar-refractivity contribution is 5.83. The second-order valence-electron chi connectivity index (χ2n) is 5.17. The van der Waals surface area contributed by atoms with Crippen molar-refractivity contribution >= 4 is 5.78 Å². The van der Waals surface area contributed by atoms with E-state index < -0.39 is 0 Å². The monoisotopic (exact) mass is 255 g/mol. The summed E-state index contributed by atoms with van der Waals surface area (Å²) >= 11 is 0. The first-order valence-corrected chi connectivity index (χ1v) is 6.04. The van der Waals surface area contributed by atoms with Gasteiger partial charge in [-0.25, -0.2) is 4.68 Å². The third-order valence-corrected chi connectivity index (χ3v) is 2.48. The van der Waals surface area contributed by atoms with Gasteiger partial charge in [-0.1, -0.05) is 26.0 Å². The van der Waals surface area contributed by atoms with E-state index >= 15 is 0 Å². The Morgan fingerprint density at radius 1 is 1.50 bits per heavy atom. The third kappa shape index (κ3) is 4.93. The molecular formula is C12H21N3O3. The van der Waals surface area contributed by atoms with E-state index in [9.17, 15) is 4.79 Å². The summed E-state index contributed by atoms with van der Waals surface area (Å²) in [5, 5.41) is 16.4. The summed E-state index contributed by atoms with van der Waals surface area (Å²) in [6, 6.07) is 0. The Labute approximate surface area is 107 Å². The van der Waals surface area contributed by atoms with E-state index in [1.807, 2.05) is 20.8 Å². The molecule has 1 aromatic rings. The maximum atomic E-state index is 11.6. The van der Waals surface area contributed by atoms with Crippen molar-refractivity contribution in [2.45, 2.75) is 40.3 Å². The number of hydrogen-bond acceptors (Lipinski definition) is 5. The Kier molecular flexibility index (Phi) is 5.43. The van der Waals surface area contributed by atoms with Crippen molar-refractivity contribution in [3.63, 3.8) is 0 Å². The minimum Gasteiger partial charge on any atom is -0.394 e. The predicted molar refractivity (Wildman–Crippen MR) is 65.8 cm³/mol. The second-order valence-corrected chi connectivity index (χ2v) is 5.17. The summed E-state index contributed by atoms with van der Waals surface area (Å²) in [6.07, 6.45) is 2.13. The van der Waals surface area contributed by atoms with E-state index in [1.54, 1.807) is 10.9 Å². The molecule has 0 saturated heterocycles. The smallest absolute Gasteiger partial charge is 0.140 e. The lowest BCUT2D eigenvalue weighted by molar-refractivity contribution is -0.127. The molecule has 6 heteroatoms. The Balaban J connectivity index is 2.23. The van der Waals surface area contributed by atoms with Crippen molar-refractivity contribution in [3.8, 4) is 0 Å². The van der Waals surface area contributed by atoms with Gasteiger partial charge in [0.15, 0.2) is 0 Å². The molecule has 1 N–H and O–H groups in total.